The number of phenolic OH excluding ortho intramolecular Hbond substituents is 4. The first-order chi connectivity index (χ1) is 24.4. The van der Waals surface area contributed by atoms with E-state index in [1.165, 1.54) is 125 Å². The Balaban J connectivity index is 0.000000195. The average Bonchev–Trinajstić information content (AvgIpc) is 3.13. The summed E-state index contributed by atoms with van der Waals surface area (Å²) >= 11 is 0. The van der Waals surface area contributed by atoms with Gasteiger partial charge in [0.1, 0.15) is 23.0 Å². The first-order valence-electron chi connectivity index (χ1n) is 19.6. The molecule has 0 bridgehead atoms. The second-order valence-electron chi connectivity index (χ2n) is 15.0. The first-order valence-corrected chi connectivity index (χ1v) is 19.6. The van der Waals surface area contributed by atoms with Crippen LogP contribution in [0.3, 0.4) is 0 Å². The first kappa shape index (κ1) is 37.3. The van der Waals surface area contributed by atoms with Crippen LogP contribution in [0, 0.1) is 0 Å². The third-order valence-corrected chi connectivity index (χ3v) is 11.6. The van der Waals surface area contributed by atoms with Gasteiger partial charge in [-0.25, -0.2) is 0 Å². The van der Waals surface area contributed by atoms with Crippen molar-refractivity contribution in [3.8, 4) is 23.0 Å². The van der Waals surface area contributed by atoms with E-state index in [1.807, 2.05) is 24.3 Å². The number of hydrogen-bond acceptors (Lipinski definition) is 4. The average molecular weight is 677 g/mol. The number of rotatable bonds is 4. The van der Waals surface area contributed by atoms with E-state index in [2.05, 4.69) is 48.5 Å². The molecule has 2 aliphatic rings. The van der Waals surface area contributed by atoms with Crippen LogP contribution in [-0.4, -0.2) is 20.4 Å². The third-order valence-electron chi connectivity index (χ3n) is 11.6. The molecular formula is C46H60O4. The van der Waals surface area contributed by atoms with E-state index in [0.717, 1.165) is 25.7 Å². The van der Waals surface area contributed by atoms with Crippen molar-refractivity contribution in [3.05, 3.63) is 119 Å². The molecule has 4 aromatic carbocycles. The van der Waals surface area contributed by atoms with Crippen molar-refractivity contribution >= 4 is 0 Å². The summed E-state index contributed by atoms with van der Waals surface area (Å²) in [6.07, 6.45) is 25.4. The topological polar surface area (TPSA) is 80.9 Å². The number of aromatic hydroxyl groups is 4. The molecule has 268 valence electrons. The zero-order valence-electron chi connectivity index (χ0n) is 30.2. The summed E-state index contributed by atoms with van der Waals surface area (Å²) in [6.45, 7) is 0. The summed E-state index contributed by atoms with van der Waals surface area (Å²) in [5.74, 6) is 1.28. The van der Waals surface area contributed by atoms with E-state index >= 15 is 0 Å². The van der Waals surface area contributed by atoms with Crippen molar-refractivity contribution in [1.29, 1.82) is 0 Å². The minimum absolute atomic E-state index is 0.0151. The largest absolute Gasteiger partial charge is 0.508 e. The molecule has 0 aliphatic heterocycles. The van der Waals surface area contributed by atoms with E-state index in [4.69, 9.17) is 0 Å². The van der Waals surface area contributed by atoms with Crippen LogP contribution in [0.25, 0.3) is 0 Å². The van der Waals surface area contributed by atoms with Crippen molar-refractivity contribution in [1.82, 2.24) is 0 Å². The standard InChI is InChI=1S/C24H32O2.C22H28O2/c25-22-14-10-20(11-15-22)24(21-12-16-23(26)17-13-21)18-8-6-4-2-1-3-5-7-9-19-24;23-20-12-8-18(9-13-20)22(19-10-14-21(24)15-11-19)16-6-4-2-1-3-5-7-17-22/h10-17,25-26H,1-9,18-19H2;8-15,23-24H,1-7,16-17H2. The number of benzene rings is 4. The summed E-state index contributed by atoms with van der Waals surface area (Å²) in [6, 6.07) is 31.1. The molecule has 0 atom stereocenters. The van der Waals surface area contributed by atoms with Gasteiger partial charge in [-0.05, 0) is 96.5 Å². The van der Waals surface area contributed by atoms with Crippen molar-refractivity contribution in [3.63, 3.8) is 0 Å². The van der Waals surface area contributed by atoms with Crippen LogP contribution in [0.2, 0.25) is 0 Å². The Kier molecular flexibility index (Phi) is 14.1. The highest BCUT2D eigenvalue weighted by atomic mass is 16.3. The zero-order chi connectivity index (χ0) is 35.1. The van der Waals surface area contributed by atoms with E-state index in [0.29, 0.717) is 23.0 Å². The Hall–Kier alpha value is -3.92. The van der Waals surface area contributed by atoms with E-state index < -0.39 is 0 Å². The second-order valence-corrected chi connectivity index (χ2v) is 15.0. The highest BCUT2D eigenvalue weighted by Gasteiger charge is 2.35. The fraction of sp³-hybridized carbons (Fsp3) is 0.478. The lowest BCUT2D eigenvalue weighted by Gasteiger charge is -2.36. The lowest BCUT2D eigenvalue weighted by Crippen LogP contribution is -2.28. The summed E-state index contributed by atoms with van der Waals surface area (Å²) in [5.41, 5.74) is 5.11. The van der Waals surface area contributed by atoms with Gasteiger partial charge in [-0.3, -0.25) is 0 Å². The van der Waals surface area contributed by atoms with Crippen LogP contribution in [0.15, 0.2) is 97.1 Å². The molecule has 0 unspecified atom stereocenters. The Morgan fingerprint density at radius 3 is 0.580 bits per heavy atom. The van der Waals surface area contributed by atoms with Crippen LogP contribution in [0.5, 0.6) is 23.0 Å². The maximum absolute atomic E-state index is 9.76. The van der Waals surface area contributed by atoms with Gasteiger partial charge in [0.2, 0.25) is 0 Å². The summed E-state index contributed by atoms with van der Waals surface area (Å²) in [4.78, 5) is 0. The van der Waals surface area contributed by atoms with E-state index in [1.54, 1.807) is 24.3 Å². The van der Waals surface area contributed by atoms with Gasteiger partial charge in [-0.1, -0.05) is 151 Å². The summed E-state index contributed by atoms with van der Waals surface area (Å²) in [7, 11) is 0. The van der Waals surface area contributed by atoms with Gasteiger partial charge < -0.3 is 20.4 Å². The molecule has 4 nitrogen and oxygen atoms in total. The predicted molar refractivity (Wildman–Crippen MR) is 206 cm³/mol. The molecule has 2 fully saturated rings. The maximum atomic E-state index is 9.76. The lowest BCUT2D eigenvalue weighted by molar-refractivity contribution is 0.376. The van der Waals surface area contributed by atoms with Crippen LogP contribution in [0.1, 0.15) is 151 Å². The van der Waals surface area contributed by atoms with Gasteiger partial charge in [0, 0.05) is 10.8 Å². The molecule has 2 aliphatic carbocycles. The highest BCUT2D eigenvalue weighted by molar-refractivity contribution is 5.44. The van der Waals surface area contributed by atoms with Crippen LogP contribution in [-0.2, 0) is 10.8 Å². The third kappa shape index (κ3) is 10.1. The number of phenols is 4. The predicted octanol–water partition coefficient (Wildman–Crippen LogP) is 12.6. The molecule has 0 radical (unpaired) electrons. The fourth-order valence-electron chi connectivity index (χ4n) is 8.69. The molecule has 2 saturated carbocycles. The van der Waals surface area contributed by atoms with Crippen LogP contribution >= 0.6 is 0 Å². The van der Waals surface area contributed by atoms with Gasteiger partial charge in [-0.15, -0.1) is 0 Å². The molecule has 0 aromatic heterocycles. The molecule has 0 spiro atoms. The van der Waals surface area contributed by atoms with Crippen molar-refractivity contribution in [2.45, 2.75) is 139 Å². The summed E-state index contributed by atoms with van der Waals surface area (Å²) in [5, 5.41) is 38.9. The molecular weight excluding hydrogens is 617 g/mol. The smallest absolute Gasteiger partial charge is 0.115 e. The van der Waals surface area contributed by atoms with Crippen molar-refractivity contribution in [2.24, 2.45) is 0 Å². The normalized spacial score (nSPS) is 19.0. The van der Waals surface area contributed by atoms with Crippen LogP contribution < -0.4 is 0 Å². The minimum atomic E-state index is -0.0272. The summed E-state index contributed by atoms with van der Waals surface area (Å²) < 4.78 is 0. The number of hydrogen-bond donors (Lipinski definition) is 4. The molecule has 4 heteroatoms. The monoisotopic (exact) mass is 676 g/mol. The Morgan fingerprint density at radius 1 is 0.240 bits per heavy atom. The Labute approximate surface area is 301 Å². The van der Waals surface area contributed by atoms with Crippen molar-refractivity contribution < 1.29 is 20.4 Å². The van der Waals surface area contributed by atoms with Gasteiger partial charge in [0.25, 0.3) is 0 Å². The fourth-order valence-corrected chi connectivity index (χ4v) is 8.69. The molecule has 4 N–H and O–H groups in total. The zero-order valence-corrected chi connectivity index (χ0v) is 30.2. The molecule has 4 aromatic rings. The van der Waals surface area contributed by atoms with Gasteiger partial charge in [-0.2, -0.15) is 0 Å². The van der Waals surface area contributed by atoms with Gasteiger partial charge >= 0.3 is 0 Å². The molecule has 6 rings (SSSR count). The highest BCUT2D eigenvalue weighted by Crippen LogP contribution is 2.45. The van der Waals surface area contributed by atoms with Crippen molar-refractivity contribution in [2.75, 3.05) is 0 Å². The SMILES string of the molecule is Oc1ccc(C2(c3ccc(O)cc3)CCCCCCCCC2)cc1.Oc1ccc(C2(c3ccc(O)cc3)CCCCCCCCCCC2)cc1. The molecule has 0 heterocycles. The quantitative estimate of drug-likeness (QED) is 0.173. The van der Waals surface area contributed by atoms with Gasteiger partial charge in [0.05, 0.1) is 0 Å². The maximum Gasteiger partial charge on any atom is 0.115 e. The van der Waals surface area contributed by atoms with Crippen LogP contribution in [0.4, 0.5) is 0 Å². The second kappa shape index (κ2) is 18.9. The molecule has 0 saturated heterocycles. The molecule has 50 heavy (non-hydrogen) atoms. The molecule has 0 amide bonds. The van der Waals surface area contributed by atoms with E-state index in [9.17, 15) is 20.4 Å². The van der Waals surface area contributed by atoms with E-state index in [-0.39, 0.29) is 10.8 Å². The minimum Gasteiger partial charge on any atom is -0.508 e. The Morgan fingerprint density at radius 2 is 0.400 bits per heavy atom. The van der Waals surface area contributed by atoms with Gasteiger partial charge in [0.15, 0.2) is 0 Å². The lowest BCUT2D eigenvalue weighted by atomic mass is 9.67. The Bertz CT molecular complexity index is 1410.